The molecule has 29 nitrogen and oxygen atoms in total. The van der Waals surface area contributed by atoms with E-state index in [0.29, 0.717) is 47.6 Å². The van der Waals surface area contributed by atoms with E-state index in [9.17, 15) is 24.3 Å². The second-order valence-electron chi connectivity index (χ2n) is 32.2. The van der Waals surface area contributed by atoms with Crippen LogP contribution in [-0.2, 0) is 21.0 Å². The van der Waals surface area contributed by atoms with Crippen molar-refractivity contribution in [3.8, 4) is 0 Å². The SMILES string of the molecule is CCC(CC)n1c(C)cc2cnc(Nc3ccc(N4CCN(C(C)=O)CC4)cc3)nc21.CCC(CC)n1c(C)cc2cnc(Nc3ccc(N4CCNCC4)cc3)nc21.CCC(CC)n1c(C=O)cc2cnc(Nc3ccc(N4CCN(C(C)=O)CC4)cc3)nc21.CCC(CC)n1c(CO)cc2cnc(Nc3ccc(N4CCN(C(C)=O)CC4)cc3)nc21. The maximum absolute atomic E-state index is 11.6. The van der Waals surface area contributed by atoms with Crippen molar-refractivity contribution in [3.63, 3.8) is 0 Å². The van der Waals surface area contributed by atoms with E-state index in [4.69, 9.17) is 19.9 Å². The lowest BCUT2D eigenvalue weighted by Crippen LogP contribution is -2.48. The van der Waals surface area contributed by atoms with Crippen molar-refractivity contribution in [1.29, 1.82) is 0 Å². The third-order valence-corrected chi connectivity index (χ3v) is 24.6. The van der Waals surface area contributed by atoms with Gasteiger partial charge in [0.2, 0.25) is 41.5 Å². The number of aliphatic hydroxyl groups excluding tert-OH is 1. The van der Waals surface area contributed by atoms with Crippen molar-refractivity contribution in [3.05, 3.63) is 169 Å². The number of nitrogens with one attached hydrogen (secondary N) is 5. The van der Waals surface area contributed by atoms with Gasteiger partial charge in [-0.15, -0.1) is 0 Å². The molecule has 4 aromatic carbocycles. The monoisotopic (exact) mass is 1670 g/mol. The van der Waals surface area contributed by atoms with Crippen LogP contribution in [-0.4, -0.2) is 207 Å². The summed E-state index contributed by atoms with van der Waals surface area (Å²) in [7, 11) is 0. The minimum atomic E-state index is -0.0161. The van der Waals surface area contributed by atoms with E-state index in [1.165, 1.54) is 22.8 Å². The van der Waals surface area contributed by atoms with Crippen molar-refractivity contribution in [1.82, 2.24) is 78.2 Å². The zero-order chi connectivity index (χ0) is 86.8. The van der Waals surface area contributed by atoms with Crippen LogP contribution in [0.25, 0.3) is 44.1 Å². The number of carbonyl (C=O) groups excluding carboxylic acids is 4. The van der Waals surface area contributed by atoms with Crippen LogP contribution in [0.15, 0.2) is 146 Å². The summed E-state index contributed by atoms with van der Waals surface area (Å²) in [6.45, 7) is 40.5. The van der Waals surface area contributed by atoms with Gasteiger partial charge in [0.05, 0.1) is 12.3 Å². The van der Waals surface area contributed by atoms with Gasteiger partial charge < -0.3 is 84.3 Å². The van der Waals surface area contributed by atoms with Crippen LogP contribution in [0.2, 0.25) is 0 Å². The second-order valence-corrected chi connectivity index (χ2v) is 32.2. The van der Waals surface area contributed by atoms with Gasteiger partial charge in [-0.25, -0.2) is 19.9 Å². The molecule has 0 saturated carbocycles. The van der Waals surface area contributed by atoms with Crippen LogP contribution in [0, 0.1) is 13.8 Å². The number of carbonyl (C=O) groups is 4. The first kappa shape index (κ1) is 88.5. The Labute approximate surface area is 722 Å². The zero-order valence-electron chi connectivity index (χ0n) is 74.0. The van der Waals surface area contributed by atoms with Gasteiger partial charge in [0.25, 0.3) is 0 Å². The molecule has 4 aliphatic heterocycles. The molecule has 6 N–H and O–H groups in total. The van der Waals surface area contributed by atoms with E-state index in [0.717, 1.165) is 246 Å². The molecule has 4 aliphatic rings. The lowest BCUT2D eigenvalue weighted by Gasteiger charge is -2.35. The number of anilines is 12. The molecule has 0 aliphatic carbocycles. The van der Waals surface area contributed by atoms with Gasteiger partial charge in [-0.3, -0.25) is 19.2 Å². The molecule has 8 aromatic heterocycles. The van der Waals surface area contributed by atoms with E-state index in [1.807, 2.05) is 74.3 Å². The van der Waals surface area contributed by atoms with E-state index in [1.54, 1.807) is 27.0 Å². The lowest BCUT2D eigenvalue weighted by molar-refractivity contribution is -0.129. The Hall–Kier alpha value is -12.2. The molecule has 16 rings (SSSR count). The maximum Gasteiger partial charge on any atom is 0.229 e. The standard InChI is InChI=1S/C24H32N6O2.C24H30N6O2.C24H32N6O.C22H30N6/c2*1-4-20(5-2)30-22(16-31)14-18-15-25-24(27-23(18)30)26-19-6-8-21(9-7-19)29-12-10-28(11-13-29)17(3)32;1-5-21(6-2)30-17(3)15-19-16-25-24(27-23(19)30)26-20-7-9-22(10-8-20)29-13-11-28(12-14-29)18(4)31;1-4-19(5-2)28-16(3)14-17-15-24-22(26-21(17)28)25-18-6-8-20(9-7-18)27-12-10-23-11-13-27/h6-9,14-15,20,31H,4-5,10-13,16H2,1-3H3,(H,25,26,27);6-9,14-16,20H,4-5,10-13H2,1-3H3,(H,25,26,27);7-10,15-16,21H,5-6,11-14H2,1-4H3,(H,25,26,27);6-9,14-15,19,23H,4-5,10-13H2,1-3H3,(H,24,25,26). The Morgan fingerprint density at radius 2 is 0.626 bits per heavy atom. The predicted molar refractivity (Wildman–Crippen MR) is 497 cm³/mol. The Morgan fingerprint density at radius 3 is 0.911 bits per heavy atom. The van der Waals surface area contributed by atoms with Crippen molar-refractivity contribution in [2.45, 2.75) is 172 Å². The van der Waals surface area contributed by atoms with Crippen LogP contribution >= 0.6 is 0 Å². The van der Waals surface area contributed by atoms with Gasteiger partial charge >= 0.3 is 0 Å². The fourth-order valence-corrected chi connectivity index (χ4v) is 17.4. The minimum absolute atomic E-state index is 0.0161. The molecular weight excluding hydrogens is 1550 g/mol. The molecule has 3 amide bonds. The highest BCUT2D eigenvalue weighted by Crippen LogP contribution is 2.35. The first-order valence-electron chi connectivity index (χ1n) is 44.2. The Balaban J connectivity index is 0.000000141. The van der Waals surface area contributed by atoms with Gasteiger partial charge in [0.1, 0.15) is 22.6 Å². The summed E-state index contributed by atoms with van der Waals surface area (Å²) in [5, 5.41) is 30.5. The number of aromatic nitrogens is 12. The molecule has 4 fully saturated rings. The number of piperazine rings is 4. The molecule has 0 bridgehead atoms. The van der Waals surface area contributed by atoms with E-state index in [2.05, 4.69) is 234 Å². The highest BCUT2D eigenvalue weighted by molar-refractivity contribution is 5.88. The molecular formula is C94H124N24O5. The summed E-state index contributed by atoms with van der Waals surface area (Å²) < 4.78 is 8.87. The van der Waals surface area contributed by atoms with Crippen LogP contribution in [0.5, 0.6) is 0 Å². The molecule has 12 heterocycles. The Morgan fingerprint density at radius 1 is 0.366 bits per heavy atom. The van der Waals surface area contributed by atoms with E-state index >= 15 is 0 Å². The quantitative estimate of drug-likeness (QED) is 0.0275. The van der Waals surface area contributed by atoms with Gasteiger partial charge in [-0.1, -0.05) is 55.4 Å². The Kier molecular flexibility index (Phi) is 29.9. The van der Waals surface area contributed by atoms with Crippen LogP contribution in [0.4, 0.5) is 69.3 Å². The fourth-order valence-electron chi connectivity index (χ4n) is 17.4. The smallest absolute Gasteiger partial charge is 0.229 e. The van der Waals surface area contributed by atoms with Crippen molar-refractivity contribution < 1.29 is 24.3 Å². The summed E-state index contributed by atoms with van der Waals surface area (Å²) in [5.41, 5.74) is 16.1. The molecule has 4 saturated heterocycles. The summed E-state index contributed by atoms with van der Waals surface area (Å²) in [6.07, 6.45) is 16.4. The summed E-state index contributed by atoms with van der Waals surface area (Å²) in [6, 6.07) is 42.9. The topological polar surface area (TPSA) is 294 Å². The maximum atomic E-state index is 11.6. The number of nitrogens with zero attached hydrogens (tertiary/aromatic N) is 19. The highest BCUT2D eigenvalue weighted by Gasteiger charge is 2.26. The molecule has 0 spiro atoms. The van der Waals surface area contributed by atoms with Crippen LogP contribution in [0.3, 0.4) is 0 Å². The number of rotatable bonds is 26. The summed E-state index contributed by atoms with van der Waals surface area (Å²) >= 11 is 0. The normalized spacial score (nSPS) is 14.5. The van der Waals surface area contributed by atoms with Gasteiger partial charge in [-0.2, -0.15) is 19.9 Å². The number of aldehydes is 1. The number of fused-ring (bicyclic) bond motifs is 4. The van der Waals surface area contributed by atoms with Gasteiger partial charge in [0, 0.05) is 259 Å². The largest absolute Gasteiger partial charge is 0.390 e. The molecule has 12 aromatic rings. The summed E-state index contributed by atoms with van der Waals surface area (Å²) in [5.74, 6) is 2.73. The van der Waals surface area contributed by atoms with E-state index in [-0.39, 0.29) is 30.4 Å². The van der Waals surface area contributed by atoms with Crippen molar-refractivity contribution >= 4 is 137 Å². The second kappa shape index (κ2) is 41.6. The molecule has 0 unspecified atom stereocenters. The van der Waals surface area contributed by atoms with Gasteiger partial charge in [0.15, 0.2) is 6.29 Å². The van der Waals surface area contributed by atoms with E-state index < -0.39 is 0 Å². The molecule has 0 radical (unpaired) electrons. The van der Waals surface area contributed by atoms with Crippen LogP contribution in [0.1, 0.15) is 179 Å². The number of hydrogen-bond acceptors (Lipinski definition) is 22. The first-order valence-corrected chi connectivity index (χ1v) is 44.2. The first-order chi connectivity index (χ1) is 59.8. The van der Waals surface area contributed by atoms with Crippen molar-refractivity contribution in [2.75, 3.05) is 146 Å². The lowest BCUT2D eigenvalue weighted by atomic mass is 10.1. The van der Waals surface area contributed by atoms with Crippen molar-refractivity contribution in [2.24, 2.45) is 0 Å². The average Bonchev–Trinajstić information content (AvgIpc) is 1.62. The number of benzene rings is 4. The highest BCUT2D eigenvalue weighted by atomic mass is 16.3. The Bertz CT molecular complexity index is 5480. The number of amides is 3. The van der Waals surface area contributed by atoms with Gasteiger partial charge in [-0.05, 0) is 187 Å². The molecule has 0 atom stereocenters. The summed E-state index contributed by atoms with van der Waals surface area (Å²) in [4.78, 5) is 98.3. The zero-order valence-corrected chi connectivity index (χ0v) is 74.0. The number of hydrogen-bond donors (Lipinski definition) is 6. The average molecular weight is 1670 g/mol. The molecule has 650 valence electrons. The third kappa shape index (κ3) is 21.1. The third-order valence-electron chi connectivity index (χ3n) is 24.6. The predicted octanol–water partition coefficient (Wildman–Crippen LogP) is 16.5. The minimum Gasteiger partial charge on any atom is -0.390 e. The number of aliphatic hydroxyl groups is 1. The molecule has 29 heteroatoms. The fraction of sp³-hybridized carbons (Fsp3) is 0.447. The molecule has 123 heavy (non-hydrogen) atoms. The number of aryl methyl sites for hydroxylation is 2. The van der Waals surface area contributed by atoms with Crippen LogP contribution < -0.4 is 46.2 Å².